The molecule has 6 rings (SSSR count). The summed E-state index contributed by atoms with van der Waals surface area (Å²) in [6, 6.07) is 28.0. The van der Waals surface area contributed by atoms with Crippen molar-refractivity contribution in [2.45, 2.75) is 143 Å². The van der Waals surface area contributed by atoms with Crippen LogP contribution >= 0.6 is 0 Å². The van der Waals surface area contributed by atoms with Gasteiger partial charge < -0.3 is 66.3 Å². The van der Waals surface area contributed by atoms with E-state index in [1.54, 1.807) is 18.2 Å². The summed E-state index contributed by atoms with van der Waals surface area (Å²) >= 11 is 0. The Bertz CT molecular complexity index is 2830. The Balaban J connectivity index is 1.43. The van der Waals surface area contributed by atoms with Gasteiger partial charge in [-0.15, -0.1) is 0 Å². The molecule has 0 aliphatic carbocycles. The van der Waals surface area contributed by atoms with Gasteiger partial charge in [0.1, 0.15) is 61.6 Å². The third-order valence-corrected chi connectivity index (χ3v) is 11.8. The van der Waals surface area contributed by atoms with E-state index in [4.69, 9.17) is 66.3 Å². The number of esters is 8. The normalized spacial score (nSPS) is 22.1. The van der Waals surface area contributed by atoms with Gasteiger partial charge in [0.25, 0.3) is 0 Å². The van der Waals surface area contributed by atoms with Gasteiger partial charge in [0.2, 0.25) is 24.8 Å². The Morgan fingerprint density at radius 1 is 0.412 bits per heavy atom. The second-order valence-corrected chi connectivity index (χ2v) is 18.3. The molecule has 0 amide bonds. The maximum Gasteiger partial charge on any atom is 0.303 e. The van der Waals surface area contributed by atoms with Gasteiger partial charge in [0.05, 0.1) is 5.56 Å². The molecule has 80 heavy (non-hydrogen) atoms. The summed E-state index contributed by atoms with van der Waals surface area (Å²) < 4.78 is 81.5. The van der Waals surface area contributed by atoms with Crippen molar-refractivity contribution in [2.24, 2.45) is 0 Å². The average Bonchev–Trinajstić information content (AvgIpc) is 3.41. The minimum absolute atomic E-state index is 0.0867. The molecule has 4 aromatic rings. The summed E-state index contributed by atoms with van der Waals surface area (Å²) in [5.41, 5.74) is 2.29. The highest BCUT2D eigenvalue weighted by atomic mass is 16.8. The first-order valence-corrected chi connectivity index (χ1v) is 25.2. The molecular formula is C57H62O23. The summed E-state index contributed by atoms with van der Waals surface area (Å²) in [5.74, 6) is -7.14. The van der Waals surface area contributed by atoms with Gasteiger partial charge >= 0.3 is 47.8 Å². The fourth-order valence-corrected chi connectivity index (χ4v) is 8.55. The van der Waals surface area contributed by atoms with Gasteiger partial charge in [0, 0.05) is 73.9 Å². The number of rotatable bonds is 24. The Morgan fingerprint density at radius 2 is 0.825 bits per heavy atom. The van der Waals surface area contributed by atoms with Gasteiger partial charge in [-0.25, -0.2) is 0 Å². The van der Waals surface area contributed by atoms with E-state index in [1.807, 2.05) is 60.7 Å². The summed E-state index contributed by atoms with van der Waals surface area (Å²) in [4.78, 5) is 115. The molecular weight excluding hydrogens is 1050 g/mol. The number of ether oxygens (including phenoxy) is 14. The smallest absolute Gasteiger partial charge is 0.303 e. The third kappa shape index (κ3) is 18.0. The number of carbonyl (C=O) groups is 9. The van der Waals surface area contributed by atoms with Crippen LogP contribution in [-0.2, 0) is 105 Å². The SMILES string of the molecule is CC(=O)OC[C@H]1OC(Oc2ccc(C(=O)CCc3ccc(OCc4ccccc4)cc3OCc3ccccc3)c(OC3O[C@H](COC(C)=O)[C@@H](OC(C)=O)[C@H](OC(C)=O)[C@H]3OC(C)=O)c2)[C@H](OC(C)=O)[C@@H](OC(C)=O)[C@@H]1OC(C)=O. The van der Waals surface area contributed by atoms with Crippen LogP contribution in [0.5, 0.6) is 23.0 Å². The lowest BCUT2D eigenvalue weighted by molar-refractivity contribution is -0.289. The quantitative estimate of drug-likeness (QED) is 0.0470. The number of Topliss-reactive ketones (excluding diaryl/α,β-unsaturated/α-hetero) is 1. The predicted molar refractivity (Wildman–Crippen MR) is 272 cm³/mol. The highest BCUT2D eigenvalue weighted by Crippen LogP contribution is 2.37. The molecule has 0 saturated carbocycles. The first kappa shape index (κ1) is 60.7. The molecule has 0 aromatic heterocycles. The fraction of sp³-hybridized carbons (Fsp3) is 0.421. The summed E-state index contributed by atoms with van der Waals surface area (Å²) in [7, 11) is 0. The van der Waals surface area contributed by atoms with Crippen molar-refractivity contribution in [1.82, 2.24) is 0 Å². The first-order chi connectivity index (χ1) is 38.1. The minimum Gasteiger partial charge on any atom is -0.489 e. The Kier molecular flexibility index (Phi) is 21.9. The van der Waals surface area contributed by atoms with Crippen molar-refractivity contribution in [3.8, 4) is 23.0 Å². The summed E-state index contributed by atoms with van der Waals surface area (Å²) in [6.45, 7) is 7.74. The molecule has 2 heterocycles. The largest absolute Gasteiger partial charge is 0.489 e. The molecule has 0 N–H and O–H groups in total. The number of ketones is 1. The molecule has 2 aliphatic rings. The third-order valence-electron chi connectivity index (χ3n) is 11.8. The van der Waals surface area contributed by atoms with Crippen LogP contribution in [0.3, 0.4) is 0 Å². The number of benzene rings is 4. The van der Waals surface area contributed by atoms with E-state index in [0.717, 1.165) is 66.5 Å². The van der Waals surface area contributed by atoms with Crippen molar-refractivity contribution in [3.63, 3.8) is 0 Å². The Hall–Kier alpha value is -8.57. The summed E-state index contributed by atoms with van der Waals surface area (Å²) in [6.07, 6.45) is -16.4. The Labute approximate surface area is 460 Å². The fourth-order valence-electron chi connectivity index (χ4n) is 8.55. The average molecular weight is 1120 g/mol. The van der Waals surface area contributed by atoms with Gasteiger partial charge in [-0.2, -0.15) is 0 Å². The highest BCUT2D eigenvalue weighted by molar-refractivity contribution is 5.99. The molecule has 0 radical (unpaired) electrons. The van der Waals surface area contributed by atoms with E-state index in [0.29, 0.717) is 17.1 Å². The van der Waals surface area contributed by atoms with Gasteiger partial charge in [-0.1, -0.05) is 66.7 Å². The lowest BCUT2D eigenvalue weighted by Gasteiger charge is -2.44. The van der Waals surface area contributed by atoms with Crippen LogP contribution < -0.4 is 18.9 Å². The lowest BCUT2D eigenvalue weighted by Crippen LogP contribution is -2.63. The molecule has 4 aromatic carbocycles. The number of carbonyl (C=O) groups excluding carboxylic acids is 9. The minimum atomic E-state index is -1.86. The predicted octanol–water partition coefficient (Wildman–Crippen LogP) is 5.58. The van der Waals surface area contributed by atoms with Crippen LogP contribution in [0.1, 0.15) is 88.9 Å². The molecule has 23 heteroatoms. The van der Waals surface area contributed by atoms with Crippen molar-refractivity contribution in [1.29, 1.82) is 0 Å². The Morgan fingerprint density at radius 3 is 1.29 bits per heavy atom. The van der Waals surface area contributed by atoms with Crippen LogP contribution in [0.15, 0.2) is 97.1 Å². The van der Waals surface area contributed by atoms with Crippen molar-refractivity contribution >= 4 is 53.5 Å². The molecule has 2 fully saturated rings. The second kappa shape index (κ2) is 28.9. The van der Waals surface area contributed by atoms with Gasteiger partial charge in [-0.05, 0) is 41.3 Å². The van der Waals surface area contributed by atoms with E-state index in [1.165, 1.54) is 18.2 Å². The maximum absolute atomic E-state index is 14.8. The van der Waals surface area contributed by atoms with Crippen LogP contribution in [0.2, 0.25) is 0 Å². The van der Waals surface area contributed by atoms with Crippen molar-refractivity contribution < 1.29 is 109 Å². The van der Waals surface area contributed by atoms with E-state index in [9.17, 15) is 43.2 Å². The molecule has 2 saturated heterocycles. The zero-order chi connectivity index (χ0) is 58.0. The molecule has 2 aliphatic heterocycles. The van der Waals surface area contributed by atoms with Crippen LogP contribution in [-0.4, -0.2) is 128 Å². The second-order valence-electron chi connectivity index (χ2n) is 18.3. The molecule has 23 nitrogen and oxygen atoms in total. The molecule has 2 unspecified atom stereocenters. The zero-order valence-electron chi connectivity index (χ0n) is 45.1. The number of aryl methyl sites for hydroxylation is 1. The molecule has 428 valence electrons. The highest BCUT2D eigenvalue weighted by Gasteiger charge is 2.55. The number of hydrogen-bond acceptors (Lipinski definition) is 23. The topological polar surface area (TPSA) is 283 Å². The van der Waals surface area contributed by atoms with Crippen molar-refractivity contribution in [2.75, 3.05) is 13.2 Å². The van der Waals surface area contributed by atoms with Crippen LogP contribution in [0.25, 0.3) is 0 Å². The van der Waals surface area contributed by atoms with E-state index in [2.05, 4.69) is 0 Å². The number of hydrogen-bond donors (Lipinski definition) is 0. The molecule has 10 atom stereocenters. The first-order valence-electron chi connectivity index (χ1n) is 25.2. The molecule has 0 spiro atoms. The van der Waals surface area contributed by atoms with Gasteiger partial charge in [0.15, 0.2) is 30.2 Å². The van der Waals surface area contributed by atoms with Gasteiger partial charge in [-0.3, -0.25) is 43.2 Å². The lowest BCUT2D eigenvalue weighted by atomic mass is 9.97. The van der Waals surface area contributed by atoms with E-state index < -0.39 is 128 Å². The van der Waals surface area contributed by atoms with Crippen LogP contribution in [0.4, 0.5) is 0 Å². The standard InChI is InChI=1S/C57H62O23/c1-31(58)67-29-48-50(71-33(3)60)52(73-35(5)62)54(75-37(7)64)56(79-48)77-43-22-23-44(47(26-43)78-57-55(76-38(8)65)53(74-36(6)63)51(72-34(4)61)49(80-57)30-68-32(2)59)45(66)24-20-41-19-21-42(69-27-39-15-11-9-12-16-39)25-46(41)70-28-40-17-13-10-14-18-40/h9-19,21-23,25-26,48-57H,20,24,27-30H2,1-8H3/t48-,49-,50-,51-,52+,53+,54-,55-,56?,57?/m1/s1. The van der Waals surface area contributed by atoms with E-state index in [-0.39, 0.29) is 43.1 Å². The monoisotopic (exact) mass is 1110 g/mol. The van der Waals surface area contributed by atoms with Crippen molar-refractivity contribution in [3.05, 3.63) is 119 Å². The van der Waals surface area contributed by atoms with E-state index >= 15 is 0 Å². The maximum atomic E-state index is 14.8. The molecule has 0 bridgehead atoms. The van der Waals surface area contributed by atoms with Crippen LogP contribution in [0, 0.1) is 0 Å². The summed E-state index contributed by atoms with van der Waals surface area (Å²) in [5, 5.41) is 0. The zero-order valence-corrected chi connectivity index (χ0v) is 45.1.